The molecule has 0 atom stereocenters. The van der Waals surface area contributed by atoms with E-state index >= 15 is 0 Å². The molecule has 6 nitrogen and oxygen atoms in total. The molecular weight excluding hydrogens is 366 g/mol. The monoisotopic (exact) mass is 389 g/mol. The molecule has 3 saturated carbocycles. The van der Waals surface area contributed by atoms with E-state index in [0.29, 0.717) is 5.56 Å². The largest absolute Gasteiger partial charge is 0.464 e. The molecule has 6 heteroatoms. The van der Waals surface area contributed by atoms with Crippen LogP contribution in [-0.2, 0) is 4.79 Å². The second-order valence-electron chi connectivity index (χ2n) is 8.45. The Kier molecular flexibility index (Phi) is 3.98. The van der Waals surface area contributed by atoms with Gasteiger partial charge in [0.05, 0.1) is 12.0 Å². The first-order valence-corrected chi connectivity index (χ1v) is 10.1. The zero-order valence-electron chi connectivity index (χ0n) is 16.1. The third-order valence-corrected chi connectivity index (χ3v) is 6.95. The van der Waals surface area contributed by atoms with Gasteiger partial charge in [-0.1, -0.05) is 12.1 Å². The summed E-state index contributed by atoms with van der Waals surface area (Å²) in [7, 11) is 0. The Bertz CT molecular complexity index is 1080. The second-order valence-corrected chi connectivity index (χ2v) is 8.45. The highest BCUT2D eigenvalue weighted by atomic mass is 16.3. The van der Waals surface area contributed by atoms with Crippen LogP contribution in [0.5, 0.6) is 0 Å². The van der Waals surface area contributed by atoms with Gasteiger partial charge in [-0.15, -0.1) is 0 Å². The fraction of sp³-hybridized carbons (Fsp3) is 0.348. The molecule has 148 valence electrons. The van der Waals surface area contributed by atoms with Gasteiger partial charge in [0.25, 0.3) is 5.91 Å². The fourth-order valence-corrected chi connectivity index (χ4v) is 4.96. The first-order chi connectivity index (χ1) is 14.0. The van der Waals surface area contributed by atoms with Gasteiger partial charge >= 0.3 is 0 Å². The van der Waals surface area contributed by atoms with Gasteiger partial charge in [0.2, 0.25) is 5.91 Å². The number of aromatic nitrogens is 1. The van der Waals surface area contributed by atoms with Gasteiger partial charge in [-0.25, -0.2) is 0 Å². The lowest BCUT2D eigenvalue weighted by molar-refractivity contribution is -0.134. The molecule has 3 aromatic rings. The Hall–Kier alpha value is -3.15. The van der Waals surface area contributed by atoms with E-state index in [1.54, 1.807) is 12.5 Å². The van der Waals surface area contributed by atoms with Crippen molar-refractivity contribution in [1.82, 2.24) is 10.3 Å². The van der Waals surface area contributed by atoms with Crippen LogP contribution in [0, 0.1) is 5.41 Å². The quantitative estimate of drug-likeness (QED) is 0.709. The molecule has 0 radical (unpaired) electrons. The van der Waals surface area contributed by atoms with Gasteiger partial charge < -0.3 is 15.5 Å². The summed E-state index contributed by atoms with van der Waals surface area (Å²) >= 11 is 0. The van der Waals surface area contributed by atoms with Gasteiger partial charge in [-0.3, -0.25) is 14.6 Å². The average molecular weight is 389 g/mol. The Morgan fingerprint density at radius 2 is 1.66 bits per heavy atom. The van der Waals surface area contributed by atoms with Crippen molar-refractivity contribution >= 4 is 22.8 Å². The maximum atomic E-state index is 12.9. The van der Waals surface area contributed by atoms with E-state index in [1.807, 2.05) is 36.4 Å². The molecule has 0 aliphatic heterocycles. The predicted octanol–water partition coefficient (Wildman–Crippen LogP) is 3.80. The number of nitrogens with two attached hydrogens (primary N) is 1. The van der Waals surface area contributed by atoms with Crippen LogP contribution in [0.1, 0.15) is 48.9 Å². The number of carbonyl (C=O) groups excluding carboxylic acids is 2. The molecule has 1 aromatic carbocycles. The number of primary amides is 1. The van der Waals surface area contributed by atoms with Crippen LogP contribution in [0.15, 0.2) is 53.3 Å². The highest BCUT2D eigenvalue weighted by Crippen LogP contribution is 2.52. The standard InChI is InChI=1S/C23H23N3O3/c24-21(28)22-7-10-23(11-8-22,12-9-22)26-20(27)16-3-1-15(2-4-16)19-17-6-14-29-18(17)5-13-25-19/h1-6,13-14H,7-12H2,(H2,24,28)(H,26,27). The highest BCUT2D eigenvalue weighted by molar-refractivity contribution is 5.96. The maximum absolute atomic E-state index is 12.9. The minimum atomic E-state index is -0.352. The number of fused-ring (bicyclic) bond motifs is 4. The Balaban J connectivity index is 1.33. The van der Waals surface area contributed by atoms with Crippen LogP contribution in [0.4, 0.5) is 0 Å². The number of benzene rings is 1. The van der Waals surface area contributed by atoms with E-state index in [9.17, 15) is 9.59 Å². The average Bonchev–Trinajstić information content (AvgIpc) is 3.24. The second kappa shape index (κ2) is 6.44. The molecule has 2 aromatic heterocycles. The molecule has 3 fully saturated rings. The van der Waals surface area contributed by atoms with E-state index in [2.05, 4.69) is 10.3 Å². The number of hydrogen-bond acceptors (Lipinski definition) is 4. The van der Waals surface area contributed by atoms with Crippen molar-refractivity contribution in [2.24, 2.45) is 11.1 Å². The van der Waals surface area contributed by atoms with Crippen molar-refractivity contribution in [3.8, 4) is 11.3 Å². The Morgan fingerprint density at radius 1 is 0.966 bits per heavy atom. The van der Waals surface area contributed by atoms with E-state index in [4.69, 9.17) is 10.2 Å². The molecule has 0 saturated heterocycles. The number of amides is 2. The number of rotatable bonds is 4. The van der Waals surface area contributed by atoms with Gasteiger partial charge in [0.15, 0.2) is 0 Å². The number of carbonyl (C=O) groups is 2. The van der Waals surface area contributed by atoms with Gasteiger partial charge in [-0.05, 0) is 62.8 Å². The van der Waals surface area contributed by atoms with Gasteiger partial charge in [-0.2, -0.15) is 0 Å². The molecule has 3 aliphatic carbocycles. The minimum absolute atomic E-state index is 0.0699. The van der Waals surface area contributed by atoms with Crippen molar-refractivity contribution in [3.63, 3.8) is 0 Å². The van der Waals surface area contributed by atoms with Gasteiger partial charge in [0.1, 0.15) is 5.58 Å². The van der Waals surface area contributed by atoms with Crippen LogP contribution in [0.2, 0.25) is 0 Å². The zero-order chi connectivity index (χ0) is 20.1. The van der Waals surface area contributed by atoms with E-state index in [0.717, 1.165) is 60.8 Å². The molecule has 0 unspecified atom stereocenters. The van der Waals surface area contributed by atoms with Crippen molar-refractivity contribution in [2.75, 3.05) is 0 Å². The zero-order valence-corrected chi connectivity index (χ0v) is 16.1. The molecule has 2 heterocycles. The predicted molar refractivity (Wildman–Crippen MR) is 109 cm³/mol. The molecule has 29 heavy (non-hydrogen) atoms. The molecule has 3 N–H and O–H groups in total. The molecule has 6 rings (SSSR count). The lowest BCUT2D eigenvalue weighted by atomic mass is 9.57. The minimum Gasteiger partial charge on any atom is -0.464 e. The van der Waals surface area contributed by atoms with Crippen LogP contribution >= 0.6 is 0 Å². The summed E-state index contributed by atoms with van der Waals surface area (Å²) in [6, 6.07) is 11.2. The van der Waals surface area contributed by atoms with E-state index < -0.39 is 0 Å². The SMILES string of the molecule is NC(=O)C12CCC(NC(=O)c3ccc(-c4nccc5occc45)cc3)(CC1)CC2. The van der Waals surface area contributed by atoms with E-state index in [-0.39, 0.29) is 22.8 Å². The maximum Gasteiger partial charge on any atom is 0.251 e. The molecule has 2 amide bonds. The third kappa shape index (κ3) is 2.90. The summed E-state index contributed by atoms with van der Waals surface area (Å²) in [6.07, 6.45) is 8.10. The summed E-state index contributed by atoms with van der Waals surface area (Å²) < 4.78 is 5.44. The van der Waals surface area contributed by atoms with Crippen molar-refractivity contribution in [3.05, 3.63) is 54.4 Å². The summed E-state index contributed by atoms with van der Waals surface area (Å²) in [5.41, 5.74) is 8.25. The molecule has 2 bridgehead atoms. The number of hydrogen-bond donors (Lipinski definition) is 2. The normalized spacial score (nSPS) is 25.8. The van der Waals surface area contributed by atoms with Crippen molar-refractivity contribution < 1.29 is 14.0 Å². The van der Waals surface area contributed by atoms with Crippen molar-refractivity contribution in [1.29, 1.82) is 0 Å². The number of nitrogens with zero attached hydrogens (tertiary/aromatic N) is 1. The first kappa shape index (κ1) is 17.9. The smallest absolute Gasteiger partial charge is 0.251 e. The summed E-state index contributed by atoms with van der Waals surface area (Å²) in [5.74, 6) is -0.256. The van der Waals surface area contributed by atoms with Crippen LogP contribution in [-0.4, -0.2) is 22.3 Å². The van der Waals surface area contributed by atoms with Crippen molar-refractivity contribution in [2.45, 2.75) is 44.1 Å². The summed E-state index contributed by atoms with van der Waals surface area (Å²) in [6.45, 7) is 0. The Morgan fingerprint density at radius 3 is 2.31 bits per heavy atom. The molecule has 3 aliphatic rings. The van der Waals surface area contributed by atoms with E-state index in [1.165, 1.54) is 0 Å². The number of pyridine rings is 1. The first-order valence-electron chi connectivity index (χ1n) is 10.1. The number of furan rings is 1. The van der Waals surface area contributed by atoms with Gasteiger partial charge in [0, 0.05) is 33.7 Å². The highest BCUT2D eigenvalue weighted by Gasteiger charge is 2.52. The summed E-state index contributed by atoms with van der Waals surface area (Å²) in [4.78, 5) is 29.2. The topological polar surface area (TPSA) is 98.2 Å². The van der Waals surface area contributed by atoms with Crippen LogP contribution in [0.25, 0.3) is 22.2 Å². The molecule has 0 spiro atoms. The van der Waals surface area contributed by atoms with Crippen LogP contribution in [0.3, 0.4) is 0 Å². The fourth-order valence-electron chi connectivity index (χ4n) is 4.96. The third-order valence-electron chi connectivity index (χ3n) is 6.95. The molecular formula is C23H23N3O3. The summed E-state index contributed by atoms with van der Waals surface area (Å²) in [5, 5.41) is 4.21. The lowest BCUT2D eigenvalue weighted by Gasteiger charge is -2.52. The lowest BCUT2D eigenvalue weighted by Crippen LogP contribution is -2.59. The number of nitrogens with one attached hydrogen (secondary N) is 1. The van der Waals surface area contributed by atoms with Crippen LogP contribution < -0.4 is 11.1 Å². The Labute approximate surface area is 168 Å².